The summed E-state index contributed by atoms with van der Waals surface area (Å²) in [5, 5.41) is 5.81. The van der Waals surface area contributed by atoms with E-state index in [-0.39, 0.29) is 18.4 Å². The van der Waals surface area contributed by atoms with Crippen LogP contribution in [0.5, 0.6) is 0 Å². The van der Waals surface area contributed by atoms with E-state index in [1.54, 1.807) is 20.8 Å². The monoisotopic (exact) mass is 443 g/mol. The first kappa shape index (κ1) is 27.3. The molecule has 1 aliphatic rings. The topological polar surface area (TPSA) is 106 Å². The molecule has 1 aliphatic heterocycles. The molecule has 0 aromatic rings. The number of esters is 2. The quantitative estimate of drug-likeness (QED) is 0.432. The zero-order valence-corrected chi connectivity index (χ0v) is 20.0. The molecule has 2 atom stereocenters. The molecule has 1 amide bonds. The number of hydrogen-bond acceptors (Lipinski definition) is 8. The van der Waals surface area contributed by atoms with Crippen molar-refractivity contribution in [2.45, 2.75) is 71.6 Å². The number of morpholine rings is 1. The molecule has 1 rings (SSSR count). The molecule has 0 bridgehead atoms. The molecule has 9 nitrogen and oxygen atoms in total. The van der Waals surface area contributed by atoms with Crippen molar-refractivity contribution in [2.24, 2.45) is 5.92 Å². The molecule has 1 fully saturated rings. The highest BCUT2D eigenvalue weighted by atomic mass is 16.6. The fourth-order valence-electron chi connectivity index (χ4n) is 3.35. The molecular formula is C22H41N3O6. The summed E-state index contributed by atoms with van der Waals surface area (Å²) in [6.45, 7) is 13.3. The van der Waals surface area contributed by atoms with Crippen molar-refractivity contribution in [2.75, 3.05) is 46.5 Å². The molecule has 180 valence electrons. The molecule has 0 aromatic carbocycles. The number of carbonyl (C=O) groups excluding carboxylic acids is 3. The summed E-state index contributed by atoms with van der Waals surface area (Å²) in [6, 6.07) is -1.34. The van der Waals surface area contributed by atoms with Crippen LogP contribution in [-0.4, -0.2) is 86.9 Å². The first-order valence-corrected chi connectivity index (χ1v) is 11.2. The largest absolute Gasteiger partial charge is 0.467 e. The van der Waals surface area contributed by atoms with Crippen molar-refractivity contribution in [3.8, 4) is 0 Å². The molecule has 0 saturated carbocycles. The average Bonchev–Trinajstić information content (AvgIpc) is 2.68. The van der Waals surface area contributed by atoms with Crippen LogP contribution in [-0.2, 0) is 28.6 Å². The van der Waals surface area contributed by atoms with Gasteiger partial charge in [0.2, 0.25) is 5.91 Å². The van der Waals surface area contributed by atoms with Crippen LogP contribution in [0, 0.1) is 5.92 Å². The van der Waals surface area contributed by atoms with E-state index in [1.807, 2.05) is 13.8 Å². The summed E-state index contributed by atoms with van der Waals surface area (Å²) in [5.41, 5.74) is -0.597. The van der Waals surface area contributed by atoms with Gasteiger partial charge in [0.25, 0.3) is 0 Å². The third kappa shape index (κ3) is 12.0. The van der Waals surface area contributed by atoms with Crippen LogP contribution in [0.2, 0.25) is 0 Å². The highest BCUT2D eigenvalue weighted by Gasteiger charge is 2.27. The van der Waals surface area contributed by atoms with Crippen LogP contribution in [0.4, 0.5) is 0 Å². The summed E-state index contributed by atoms with van der Waals surface area (Å²) < 4.78 is 15.5. The third-order valence-corrected chi connectivity index (χ3v) is 4.81. The number of hydrogen-bond donors (Lipinski definition) is 2. The van der Waals surface area contributed by atoms with Crippen molar-refractivity contribution < 1.29 is 28.6 Å². The maximum absolute atomic E-state index is 13.0. The molecule has 0 aliphatic carbocycles. The summed E-state index contributed by atoms with van der Waals surface area (Å²) in [6.07, 6.45) is 1.78. The second-order valence-corrected chi connectivity index (χ2v) is 9.33. The lowest BCUT2D eigenvalue weighted by atomic mass is 10.0. The number of carbonyl (C=O) groups is 3. The van der Waals surface area contributed by atoms with Crippen LogP contribution in [0.1, 0.15) is 53.9 Å². The number of nitrogens with zero attached hydrogens (tertiary/aromatic N) is 1. The smallest absolute Gasteiger partial charge is 0.328 e. The number of rotatable bonds is 12. The average molecular weight is 444 g/mol. The zero-order valence-electron chi connectivity index (χ0n) is 20.0. The van der Waals surface area contributed by atoms with Crippen molar-refractivity contribution in [3.63, 3.8) is 0 Å². The Kier molecular flexibility index (Phi) is 12.0. The van der Waals surface area contributed by atoms with Gasteiger partial charge in [-0.2, -0.15) is 0 Å². The predicted molar refractivity (Wildman–Crippen MR) is 118 cm³/mol. The Bertz CT molecular complexity index is 570. The van der Waals surface area contributed by atoms with Crippen LogP contribution < -0.4 is 10.6 Å². The lowest BCUT2D eigenvalue weighted by molar-refractivity contribution is -0.154. The Labute approximate surface area is 186 Å². The van der Waals surface area contributed by atoms with Crippen LogP contribution in [0.3, 0.4) is 0 Å². The van der Waals surface area contributed by atoms with Crippen LogP contribution in [0.15, 0.2) is 0 Å². The SMILES string of the molecule is COC(=O)C(CC(C)C)NC(=O)C(CCCN1CCOCC1)NCC(=O)OC(C)(C)C. The maximum atomic E-state index is 13.0. The van der Waals surface area contributed by atoms with E-state index in [9.17, 15) is 14.4 Å². The molecule has 1 heterocycles. The van der Waals surface area contributed by atoms with Crippen molar-refractivity contribution in [3.05, 3.63) is 0 Å². The fraction of sp³-hybridized carbons (Fsp3) is 0.864. The van der Waals surface area contributed by atoms with Crippen LogP contribution in [0.25, 0.3) is 0 Å². The van der Waals surface area contributed by atoms with E-state index in [2.05, 4.69) is 15.5 Å². The molecule has 2 unspecified atom stereocenters. The van der Waals surface area contributed by atoms with Crippen LogP contribution >= 0.6 is 0 Å². The lowest BCUT2D eigenvalue weighted by Gasteiger charge is -2.28. The Morgan fingerprint density at radius 3 is 2.29 bits per heavy atom. The molecule has 31 heavy (non-hydrogen) atoms. The van der Waals surface area contributed by atoms with Gasteiger partial charge in [0.05, 0.1) is 32.9 Å². The van der Waals surface area contributed by atoms with Gasteiger partial charge in [-0.1, -0.05) is 13.8 Å². The second-order valence-electron chi connectivity index (χ2n) is 9.33. The first-order valence-electron chi connectivity index (χ1n) is 11.2. The number of methoxy groups -OCH3 is 1. The van der Waals surface area contributed by atoms with Gasteiger partial charge in [-0.25, -0.2) is 4.79 Å². The molecule has 0 spiro atoms. The molecular weight excluding hydrogens is 402 g/mol. The summed E-state index contributed by atoms with van der Waals surface area (Å²) in [7, 11) is 1.31. The van der Waals surface area contributed by atoms with Gasteiger partial charge in [0.1, 0.15) is 11.6 Å². The van der Waals surface area contributed by atoms with Crippen molar-refractivity contribution in [1.29, 1.82) is 0 Å². The van der Waals surface area contributed by atoms with Crippen molar-refractivity contribution in [1.82, 2.24) is 15.5 Å². The molecule has 2 N–H and O–H groups in total. The highest BCUT2D eigenvalue weighted by molar-refractivity contribution is 5.88. The van der Waals surface area contributed by atoms with Gasteiger partial charge in [-0.3, -0.25) is 19.8 Å². The van der Waals surface area contributed by atoms with E-state index in [0.717, 1.165) is 39.3 Å². The van der Waals surface area contributed by atoms with Gasteiger partial charge < -0.3 is 19.5 Å². The number of nitrogens with one attached hydrogen (secondary N) is 2. The molecule has 9 heteroatoms. The Hall–Kier alpha value is -1.71. The Balaban J connectivity index is 2.71. The van der Waals surface area contributed by atoms with E-state index >= 15 is 0 Å². The summed E-state index contributed by atoms with van der Waals surface area (Å²) in [5.74, 6) is -1.01. The number of ether oxygens (including phenoxy) is 3. The van der Waals surface area contributed by atoms with E-state index in [4.69, 9.17) is 14.2 Å². The summed E-state index contributed by atoms with van der Waals surface area (Å²) in [4.78, 5) is 39.5. The molecule has 1 saturated heterocycles. The molecule has 0 radical (unpaired) electrons. The van der Waals surface area contributed by atoms with Crippen molar-refractivity contribution >= 4 is 17.8 Å². The minimum absolute atomic E-state index is 0.0834. The summed E-state index contributed by atoms with van der Waals surface area (Å²) >= 11 is 0. The highest BCUT2D eigenvalue weighted by Crippen LogP contribution is 2.10. The number of amides is 1. The Morgan fingerprint density at radius 2 is 1.74 bits per heavy atom. The van der Waals surface area contributed by atoms with E-state index < -0.39 is 29.6 Å². The minimum Gasteiger partial charge on any atom is -0.467 e. The first-order chi connectivity index (χ1) is 14.5. The van der Waals surface area contributed by atoms with Gasteiger partial charge >= 0.3 is 11.9 Å². The normalized spacial score (nSPS) is 17.1. The van der Waals surface area contributed by atoms with Gasteiger partial charge in [0.15, 0.2) is 0 Å². The van der Waals surface area contributed by atoms with Gasteiger partial charge in [0, 0.05) is 13.1 Å². The van der Waals surface area contributed by atoms with E-state index in [1.165, 1.54) is 7.11 Å². The fourth-order valence-corrected chi connectivity index (χ4v) is 3.35. The standard InChI is InChI=1S/C22H41N3O6/c1-16(2)14-18(21(28)29-6)24-20(27)17(23-15-19(26)31-22(3,4)5)8-7-9-25-10-12-30-13-11-25/h16-18,23H,7-15H2,1-6H3,(H,24,27). The minimum atomic E-state index is -0.720. The lowest BCUT2D eigenvalue weighted by Crippen LogP contribution is -2.52. The predicted octanol–water partition coefficient (Wildman–Crippen LogP) is 1.10. The third-order valence-electron chi connectivity index (χ3n) is 4.81. The van der Waals surface area contributed by atoms with Gasteiger partial charge in [-0.15, -0.1) is 0 Å². The Morgan fingerprint density at radius 1 is 1.10 bits per heavy atom. The zero-order chi connectivity index (χ0) is 23.4. The molecule has 0 aromatic heterocycles. The van der Waals surface area contributed by atoms with E-state index in [0.29, 0.717) is 12.8 Å². The maximum Gasteiger partial charge on any atom is 0.328 e. The van der Waals surface area contributed by atoms with Gasteiger partial charge in [-0.05, 0) is 52.5 Å². The second kappa shape index (κ2) is 13.6.